The van der Waals surface area contributed by atoms with Crippen LogP contribution in [0.1, 0.15) is 48.5 Å². The lowest BCUT2D eigenvalue weighted by molar-refractivity contribution is -0.141. The van der Waals surface area contributed by atoms with Crippen LogP contribution in [0, 0.1) is 11.3 Å². The fraction of sp³-hybridized carbons (Fsp3) is 0.581. The highest BCUT2D eigenvalue weighted by Gasteiger charge is 2.53. The Morgan fingerprint density at radius 2 is 1.11 bits per heavy atom. The molecule has 304 valence electrons. The molecule has 0 amide bonds. The predicted molar refractivity (Wildman–Crippen MR) is 207 cm³/mol. The second kappa shape index (κ2) is 21.5. The highest BCUT2D eigenvalue weighted by Crippen LogP contribution is 2.62. The van der Waals surface area contributed by atoms with Crippen molar-refractivity contribution in [2.45, 2.75) is 72.9 Å². The summed E-state index contributed by atoms with van der Waals surface area (Å²) in [6.07, 6.45) is 12.5. The Morgan fingerprint density at radius 1 is 0.618 bits per heavy atom. The lowest BCUT2D eigenvalue weighted by Crippen LogP contribution is -2.28. The second-order valence-electron chi connectivity index (χ2n) is 14.5. The number of hydrogen-bond donors (Lipinski definition) is 0. The molecule has 4 aliphatic carbocycles. The van der Waals surface area contributed by atoms with E-state index < -0.39 is 11.9 Å². The smallest absolute Gasteiger partial charge is 0.333 e. The van der Waals surface area contributed by atoms with E-state index in [1.165, 1.54) is 22.3 Å². The third-order valence-corrected chi connectivity index (χ3v) is 9.46. The van der Waals surface area contributed by atoms with Crippen molar-refractivity contribution < 1.29 is 57.0 Å². The summed E-state index contributed by atoms with van der Waals surface area (Å²) >= 11 is 0. The minimum Gasteiger partial charge on any atom is -0.491 e. The molecule has 0 saturated carbocycles. The zero-order valence-electron chi connectivity index (χ0n) is 33.6. The maximum Gasteiger partial charge on any atom is 0.333 e. The third-order valence-electron chi connectivity index (χ3n) is 9.46. The molecule has 0 aromatic carbocycles. The summed E-state index contributed by atoms with van der Waals surface area (Å²) in [4.78, 5) is 22.8. The van der Waals surface area contributed by atoms with E-state index in [9.17, 15) is 9.59 Å². The predicted octanol–water partition coefficient (Wildman–Crippen LogP) is 6.06. The Kier molecular flexibility index (Phi) is 17.2. The molecule has 12 nitrogen and oxygen atoms in total. The van der Waals surface area contributed by atoms with E-state index in [-0.39, 0.29) is 49.0 Å². The van der Waals surface area contributed by atoms with Crippen molar-refractivity contribution in [3.8, 4) is 0 Å². The molecule has 6 atom stereocenters. The average Bonchev–Trinajstić information content (AvgIpc) is 3.90. The minimum atomic E-state index is -0.418. The molecule has 12 heteroatoms. The summed E-state index contributed by atoms with van der Waals surface area (Å²) < 4.78 is 57.2. The van der Waals surface area contributed by atoms with Gasteiger partial charge in [-0.05, 0) is 64.8 Å². The number of esters is 2. The van der Waals surface area contributed by atoms with E-state index in [1.807, 2.05) is 27.7 Å². The molecule has 4 aliphatic rings. The molecule has 0 aromatic heterocycles. The van der Waals surface area contributed by atoms with Crippen LogP contribution < -0.4 is 0 Å². The molecule has 6 unspecified atom stereocenters. The van der Waals surface area contributed by atoms with E-state index in [0.717, 1.165) is 11.5 Å². The number of rotatable bonds is 29. The van der Waals surface area contributed by atoms with Gasteiger partial charge in [0.05, 0.1) is 77.3 Å². The quantitative estimate of drug-likeness (QED) is 0.0499. The van der Waals surface area contributed by atoms with Crippen molar-refractivity contribution in [1.29, 1.82) is 0 Å². The third kappa shape index (κ3) is 12.6. The first-order valence-electron chi connectivity index (χ1n) is 19.1. The van der Waals surface area contributed by atoms with Crippen LogP contribution >= 0.6 is 0 Å². The van der Waals surface area contributed by atoms with Crippen molar-refractivity contribution in [3.05, 3.63) is 94.6 Å². The molecule has 55 heavy (non-hydrogen) atoms. The van der Waals surface area contributed by atoms with Gasteiger partial charge in [0.1, 0.15) is 37.9 Å². The van der Waals surface area contributed by atoms with Gasteiger partial charge in [-0.1, -0.05) is 44.4 Å². The molecule has 4 bridgehead atoms. The summed E-state index contributed by atoms with van der Waals surface area (Å²) in [6, 6.07) is 0. The van der Waals surface area contributed by atoms with Gasteiger partial charge in [-0.25, -0.2) is 9.59 Å². The van der Waals surface area contributed by atoms with Crippen LogP contribution in [0.2, 0.25) is 0 Å². The summed E-state index contributed by atoms with van der Waals surface area (Å²) in [7, 11) is 0. The summed E-state index contributed by atoms with van der Waals surface area (Å²) in [5.41, 5.74) is 5.28. The first-order chi connectivity index (χ1) is 26.3. The number of fused-ring (bicyclic) bond motifs is 5. The normalized spacial score (nSPS) is 21.4. The highest BCUT2D eigenvalue weighted by molar-refractivity contribution is 5.87. The monoisotopic (exact) mass is 768 g/mol. The molecule has 0 heterocycles. The molecular formula is C43H60O12. The lowest BCUT2D eigenvalue weighted by Gasteiger charge is -2.33. The molecule has 0 fully saturated rings. The molecule has 0 aliphatic heterocycles. The summed E-state index contributed by atoms with van der Waals surface area (Å²) in [6.45, 7) is 24.8. The van der Waals surface area contributed by atoms with Crippen LogP contribution in [-0.4, -0.2) is 116 Å². The van der Waals surface area contributed by atoms with E-state index in [0.29, 0.717) is 77.2 Å². The zero-order chi connectivity index (χ0) is 40.0. The van der Waals surface area contributed by atoms with E-state index in [4.69, 9.17) is 47.4 Å². The molecule has 0 saturated heterocycles. The van der Waals surface area contributed by atoms with Gasteiger partial charge in [0.15, 0.2) is 0 Å². The van der Waals surface area contributed by atoms with Gasteiger partial charge in [0.2, 0.25) is 0 Å². The van der Waals surface area contributed by atoms with E-state index in [1.54, 1.807) is 13.8 Å². The Morgan fingerprint density at radius 3 is 1.64 bits per heavy atom. The van der Waals surface area contributed by atoms with Gasteiger partial charge < -0.3 is 47.4 Å². The minimum absolute atomic E-state index is 0.114. The molecule has 4 rings (SSSR count). The Bertz CT molecular complexity index is 1560. The van der Waals surface area contributed by atoms with Crippen LogP contribution in [0.3, 0.4) is 0 Å². The first kappa shape index (κ1) is 43.9. The number of carbonyl (C=O) groups is 2. The molecular weight excluding hydrogens is 708 g/mol. The molecule has 0 spiro atoms. The number of carbonyl (C=O) groups excluding carboxylic acids is 2. The molecule has 0 aromatic rings. The van der Waals surface area contributed by atoms with Crippen LogP contribution in [0.5, 0.6) is 0 Å². The maximum atomic E-state index is 11.4. The highest BCUT2D eigenvalue weighted by atomic mass is 16.6. The topological polar surface area (TPSA) is 126 Å². The van der Waals surface area contributed by atoms with Crippen LogP contribution in [0.15, 0.2) is 94.6 Å². The van der Waals surface area contributed by atoms with Crippen LogP contribution in [-0.2, 0) is 57.0 Å². The largest absolute Gasteiger partial charge is 0.491 e. The number of hydrogen-bond acceptors (Lipinski definition) is 12. The van der Waals surface area contributed by atoms with Crippen molar-refractivity contribution in [2.24, 2.45) is 11.3 Å². The fourth-order valence-corrected chi connectivity index (χ4v) is 6.45. The van der Waals surface area contributed by atoms with Gasteiger partial charge in [0.25, 0.3) is 0 Å². The fourth-order valence-electron chi connectivity index (χ4n) is 6.45. The van der Waals surface area contributed by atoms with E-state index in [2.05, 4.69) is 56.5 Å². The Labute approximate surface area is 326 Å². The first-order valence-corrected chi connectivity index (χ1v) is 19.1. The van der Waals surface area contributed by atoms with Gasteiger partial charge >= 0.3 is 11.9 Å². The van der Waals surface area contributed by atoms with Crippen molar-refractivity contribution in [2.75, 3.05) is 79.3 Å². The lowest BCUT2D eigenvalue weighted by atomic mass is 9.69. The summed E-state index contributed by atoms with van der Waals surface area (Å²) in [5, 5.41) is 0. The van der Waals surface area contributed by atoms with Gasteiger partial charge in [-0.2, -0.15) is 0 Å². The Hall–Kier alpha value is -3.78. The van der Waals surface area contributed by atoms with Gasteiger partial charge in [0, 0.05) is 33.6 Å². The van der Waals surface area contributed by atoms with Gasteiger partial charge in [-0.15, -0.1) is 0 Å². The Balaban J connectivity index is 1.09. The van der Waals surface area contributed by atoms with Gasteiger partial charge in [-0.3, -0.25) is 0 Å². The molecule has 0 radical (unpaired) electrons. The zero-order valence-corrected chi connectivity index (χ0v) is 33.6. The van der Waals surface area contributed by atoms with Crippen molar-refractivity contribution in [1.82, 2.24) is 0 Å². The average molecular weight is 769 g/mol. The van der Waals surface area contributed by atoms with Crippen LogP contribution in [0.4, 0.5) is 0 Å². The second-order valence-corrected chi connectivity index (χ2v) is 14.5. The molecule has 0 N–H and O–H groups in total. The summed E-state index contributed by atoms with van der Waals surface area (Å²) in [5.74, 6) is 1.08. The van der Waals surface area contributed by atoms with Crippen LogP contribution in [0.25, 0.3) is 0 Å². The number of ether oxygens (including phenoxy) is 10. The van der Waals surface area contributed by atoms with Crippen molar-refractivity contribution in [3.63, 3.8) is 0 Å². The standard InChI is InChI=1S/C43H60O12/c1-28(2)41(44)50-20-16-46-14-18-48-30(5)24-52-32(7)26-54-38-22-34-10-12-36(38)40(34)43(9)35-11-13-37(43)39(23-35)55-27-33(8)53-25-31(6)49-19-15-47-17-21-51-42(45)29(3)4/h10-13,22-23,30-33,40H,1,3,14-21,24-27H2,2,4-9H3. The SMILES string of the molecule is C=C(C)C(=O)OCCOCCOC(C)COC(C)COC1=CC2=CC=C1C2C1(C)C2=CC=C1C(OCC(C)OCC(C)OCCOCCOC(=O)C(=C)C)=C2. The van der Waals surface area contributed by atoms with E-state index >= 15 is 0 Å². The van der Waals surface area contributed by atoms with Crippen molar-refractivity contribution >= 4 is 11.9 Å². The maximum absolute atomic E-state index is 11.4. The number of allylic oxidation sites excluding steroid dienone is 10.